The Morgan fingerprint density at radius 2 is 1.59 bits per heavy atom. The van der Waals surface area contributed by atoms with Gasteiger partial charge in [0.25, 0.3) is 0 Å². The van der Waals surface area contributed by atoms with Gasteiger partial charge >= 0.3 is 0 Å². The third-order valence-electron chi connectivity index (χ3n) is 6.17. The molecule has 3 rings (SSSR count). The van der Waals surface area contributed by atoms with Crippen molar-refractivity contribution in [2.45, 2.75) is 32.5 Å². The van der Waals surface area contributed by atoms with Crippen LogP contribution in [0.15, 0.2) is 78.9 Å². The van der Waals surface area contributed by atoms with Crippen molar-refractivity contribution in [1.82, 2.24) is 10.2 Å². The standard InChI is InChI=1S/C29H35N3O6S/c1-5-27(29(34)30-2)31(19-23-12-9-13-26(18-23)37-3)28(33)20-32(39(4,35)36)24-14-16-25(17-15-24)38-21-22-10-7-6-8-11-22/h6-18,27H,5,19-21H2,1-4H3,(H,30,34)/t27-/m0/s1. The molecule has 0 aliphatic rings. The number of nitrogens with zero attached hydrogens (tertiary/aromatic N) is 2. The van der Waals surface area contributed by atoms with Crippen molar-refractivity contribution in [3.05, 3.63) is 90.0 Å². The molecule has 0 heterocycles. The van der Waals surface area contributed by atoms with Crippen LogP contribution in [0.4, 0.5) is 5.69 Å². The summed E-state index contributed by atoms with van der Waals surface area (Å²) in [5.41, 5.74) is 2.06. The number of methoxy groups -OCH3 is 1. The third kappa shape index (κ3) is 8.22. The van der Waals surface area contributed by atoms with Crippen molar-refractivity contribution in [3.63, 3.8) is 0 Å². The second-order valence-electron chi connectivity index (χ2n) is 8.95. The number of nitrogens with one attached hydrogen (secondary N) is 1. The third-order valence-corrected chi connectivity index (χ3v) is 7.31. The largest absolute Gasteiger partial charge is 0.497 e. The fourth-order valence-electron chi connectivity index (χ4n) is 4.12. The fourth-order valence-corrected chi connectivity index (χ4v) is 4.97. The van der Waals surface area contributed by atoms with Crippen LogP contribution >= 0.6 is 0 Å². The van der Waals surface area contributed by atoms with Gasteiger partial charge in [-0.05, 0) is 53.9 Å². The maximum absolute atomic E-state index is 13.7. The zero-order chi connectivity index (χ0) is 28.4. The van der Waals surface area contributed by atoms with Crippen LogP contribution < -0.4 is 19.1 Å². The first-order valence-electron chi connectivity index (χ1n) is 12.5. The van der Waals surface area contributed by atoms with Crippen molar-refractivity contribution >= 4 is 27.5 Å². The predicted octanol–water partition coefficient (Wildman–Crippen LogP) is 3.59. The molecule has 0 fully saturated rings. The van der Waals surface area contributed by atoms with Crippen LogP contribution in [0.25, 0.3) is 0 Å². The minimum atomic E-state index is -3.83. The van der Waals surface area contributed by atoms with Gasteiger partial charge in [0.15, 0.2) is 0 Å². The number of rotatable bonds is 13. The lowest BCUT2D eigenvalue weighted by atomic mass is 10.1. The zero-order valence-electron chi connectivity index (χ0n) is 22.7. The molecular weight excluding hydrogens is 518 g/mol. The van der Waals surface area contributed by atoms with Gasteiger partial charge in [-0.25, -0.2) is 8.42 Å². The normalized spacial score (nSPS) is 11.8. The van der Waals surface area contributed by atoms with Gasteiger partial charge in [-0.15, -0.1) is 0 Å². The van der Waals surface area contributed by atoms with E-state index < -0.39 is 28.5 Å². The quantitative estimate of drug-likeness (QED) is 0.347. The summed E-state index contributed by atoms with van der Waals surface area (Å²) in [4.78, 5) is 27.8. The van der Waals surface area contributed by atoms with Crippen molar-refractivity contribution in [2.75, 3.05) is 31.3 Å². The van der Waals surface area contributed by atoms with Crippen molar-refractivity contribution in [1.29, 1.82) is 0 Å². The van der Waals surface area contributed by atoms with Crippen molar-refractivity contribution in [2.24, 2.45) is 0 Å². The Morgan fingerprint density at radius 1 is 0.923 bits per heavy atom. The van der Waals surface area contributed by atoms with Gasteiger partial charge in [-0.3, -0.25) is 13.9 Å². The molecule has 0 radical (unpaired) electrons. The molecule has 9 nitrogen and oxygen atoms in total. The molecule has 0 aromatic heterocycles. The van der Waals surface area contributed by atoms with Crippen molar-refractivity contribution in [3.8, 4) is 11.5 Å². The lowest BCUT2D eigenvalue weighted by molar-refractivity contribution is -0.140. The Hall–Kier alpha value is -4.05. The van der Waals surface area contributed by atoms with E-state index in [0.717, 1.165) is 21.7 Å². The lowest BCUT2D eigenvalue weighted by Gasteiger charge is -2.32. The van der Waals surface area contributed by atoms with Gasteiger partial charge in [0, 0.05) is 13.6 Å². The molecule has 1 atom stereocenters. The number of hydrogen-bond acceptors (Lipinski definition) is 6. The summed E-state index contributed by atoms with van der Waals surface area (Å²) in [7, 11) is -0.784. The summed E-state index contributed by atoms with van der Waals surface area (Å²) in [6.07, 6.45) is 1.39. The van der Waals surface area contributed by atoms with Crippen LogP contribution in [0.3, 0.4) is 0 Å². The molecular formula is C29H35N3O6S. The van der Waals surface area contributed by atoms with Crippen LogP contribution in [0, 0.1) is 0 Å². The van der Waals surface area contributed by atoms with Gasteiger partial charge in [0.05, 0.1) is 19.1 Å². The van der Waals surface area contributed by atoms with E-state index in [1.807, 2.05) is 36.4 Å². The molecule has 0 spiro atoms. The highest BCUT2D eigenvalue weighted by Gasteiger charge is 2.31. The first-order valence-corrected chi connectivity index (χ1v) is 14.4. The van der Waals surface area contributed by atoms with E-state index >= 15 is 0 Å². The number of hydrogen-bond donors (Lipinski definition) is 1. The van der Waals surface area contributed by atoms with E-state index in [1.54, 1.807) is 56.5 Å². The first-order chi connectivity index (χ1) is 18.7. The summed E-state index contributed by atoms with van der Waals surface area (Å²) in [6.45, 7) is 1.80. The molecule has 0 aliphatic heterocycles. The topological polar surface area (TPSA) is 105 Å². The Morgan fingerprint density at radius 3 is 2.18 bits per heavy atom. The molecule has 0 unspecified atom stereocenters. The van der Waals surface area contributed by atoms with E-state index in [0.29, 0.717) is 30.2 Å². The number of likely N-dealkylation sites (N-methyl/N-ethyl adjacent to an activating group) is 1. The Kier molecular flexibility index (Phi) is 10.3. The highest BCUT2D eigenvalue weighted by Crippen LogP contribution is 2.24. The van der Waals surface area contributed by atoms with Gasteiger partial charge in [-0.2, -0.15) is 0 Å². The number of amides is 2. The average molecular weight is 554 g/mol. The maximum atomic E-state index is 13.7. The molecule has 208 valence electrons. The second-order valence-corrected chi connectivity index (χ2v) is 10.9. The summed E-state index contributed by atoms with van der Waals surface area (Å²) in [5, 5.41) is 2.60. The molecule has 3 aromatic carbocycles. The van der Waals surface area contributed by atoms with Gasteiger partial charge in [-0.1, -0.05) is 49.4 Å². The first kappa shape index (κ1) is 29.5. The van der Waals surface area contributed by atoms with E-state index in [4.69, 9.17) is 9.47 Å². The van der Waals surface area contributed by atoms with Crippen LogP contribution in [0.5, 0.6) is 11.5 Å². The lowest BCUT2D eigenvalue weighted by Crippen LogP contribution is -2.51. The van der Waals surface area contributed by atoms with Crippen LogP contribution in [-0.4, -0.2) is 58.1 Å². The minimum Gasteiger partial charge on any atom is -0.497 e. The number of anilines is 1. The number of ether oxygens (including phenoxy) is 2. The number of carbonyl (C=O) groups excluding carboxylic acids is 2. The summed E-state index contributed by atoms with van der Waals surface area (Å²) in [5.74, 6) is 0.329. The molecule has 0 bridgehead atoms. The monoisotopic (exact) mass is 553 g/mol. The fraction of sp³-hybridized carbons (Fsp3) is 0.310. The highest BCUT2D eigenvalue weighted by molar-refractivity contribution is 7.92. The van der Waals surface area contributed by atoms with Crippen molar-refractivity contribution < 1.29 is 27.5 Å². The molecule has 39 heavy (non-hydrogen) atoms. The predicted molar refractivity (Wildman–Crippen MR) is 151 cm³/mol. The smallest absolute Gasteiger partial charge is 0.244 e. The number of benzene rings is 3. The zero-order valence-corrected chi connectivity index (χ0v) is 23.5. The van der Waals surface area contributed by atoms with Crippen LogP contribution in [0.2, 0.25) is 0 Å². The van der Waals surface area contributed by atoms with Crippen LogP contribution in [-0.2, 0) is 32.8 Å². The van der Waals surface area contributed by atoms with Crippen LogP contribution in [0.1, 0.15) is 24.5 Å². The van der Waals surface area contributed by atoms with E-state index in [1.165, 1.54) is 11.9 Å². The summed E-state index contributed by atoms with van der Waals surface area (Å²) >= 11 is 0. The van der Waals surface area contributed by atoms with Gasteiger partial charge in [0.2, 0.25) is 21.8 Å². The number of sulfonamides is 1. The highest BCUT2D eigenvalue weighted by atomic mass is 32.2. The SMILES string of the molecule is CC[C@@H](C(=O)NC)N(Cc1cccc(OC)c1)C(=O)CN(c1ccc(OCc2ccccc2)cc1)S(C)(=O)=O. The Balaban J connectivity index is 1.84. The molecule has 10 heteroatoms. The Bertz CT molecular complexity index is 1350. The molecule has 1 N–H and O–H groups in total. The average Bonchev–Trinajstić information content (AvgIpc) is 2.94. The van der Waals surface area contributed by atoms with Gasteiger partial charge in [0.1, 0.15) is 30.7 Å². The van der Waals surface area contributed by atoms with E-state index in [-0.39, 0.29) is 12.5 Å². The maximum Gasteiger partial charge on any atom is 0.244 e. The Labute approximate surface area is 230 Å². The summed E-state index contributed by atoms with van der Waals surface area (Å²) < 4.78 is 37.7. The molecule has 0 saturated carbocycles. The molecule has 2 amide bonds. The van der Waals surface area contributed by atoms with E-state index in [9.17, 15) is 18.0 Å². The summed E-state index contributed by atoms with van der Waals surface area (Å²) in [6, 6.07) is 22.6. The minimum absolute atomic E-state index is 0.103. The van der Waals surface area contributed by atoms with Gasteiger partial charge < -0.3 is 19.7 Å². The molecule has 0 saturated heterocycles. The van der Waals surface area contributed by atoms with E-state index in [2.05, 4.69) is 5.32 Å². The second kappa shape index (κ2) is 13.7. The molecule has 0 aliphatic carbocycles. The molecule has 3 aromatic rings. The number of carbonyl (C=O) groups is 2.